The van der Waals surface area contributed by atoms with Crippen molar-refractivity contribution in [3.8, 4) is 23.0 Å². The molecule has 2 atom stereocenters. The number of hydrogen-bond acceptors (Lipinski definition) is 5. The highest BCUT2D eigenvalue weighted by molar-refractivity contribution is 6.01. The smallest absolute Gasteiger partial charge is 0.256 e. The molecule has 126 valence electrons. The van der Waals surface area contributed by atoms with Crippen LogP contribution in [0.3, 0.4) is 0 Å². The Hall–Kier alpha value is -3.15. The molecule has 2 heterocycles. The Balaban J connectivity index is 1.67. The van der Waals surface area contributed by atoms with Crippen molar-refractivity contribution in [1.29, 1.82) is 0 Å². The number of carbonyl (C=O) groups is 1. The molecule has 1 aliphatic carbocycles. The molecule has 2 aliphatic heterocycles. The number of carbonyl (C=O) groups excluding carboxylic acids is 1. The molecule has 0 saturated heterocycles. The van der Waals surface area contributed by atoms with E-state index in [4.69, 9.17) is 14.2 Å². The van der Waals surface area contributed by atoms with Crippen molar-refractivity contribution in [2.45, 2.75) is 12.0 Å². The summed E-state index contributed by atoms with van der Waals surface area (Å²) >= 11 is 0. The van der Waals surface area contributed by atoms with Crippen LogP contribution in [-0.2, 0) is 0 Å². The molecular weight excluding hydrogens is 322 g/mol. The Morgan fingerprint density at radius 3 is 2.80 bits per heavy atom. The molecule has 0 radical (unpaired) electrons. The number of amides is 1. The van der Waals surface area contributed by atoms with E-state index < -0.39 is 0 Å². The van der Waals surface area contributed by atoms with Gasteiger partial charge in [0.1, 0.15) is 0 Å². The molecule has 2 unspecified atom stereocenters. The minimum atomic E-state index is -0.313. The van der Waals surface area contributed by atoms with Gasteiger partial charge >= 0.3 is 0 Å². The summed E-state index contributed by atoms with van der Waals surface area (Å²) < 4.78 is 16.0. The van der Waals surface area contributed by atoms with Gasteiger partial charge in [-0.3, -0.25) is 4.79 Å². The number of fused-ring (bicyclic) bond motifs is 6. The van der Waals surface area contributed by atoms with Gasteiger partial charge in [-0.05, 0) is 34.9 Å². The first kappa shape index (κ1) is 14.2. The van der Waals surface area contributed by atoms with E-state index in [2.05, 4.69) is 5.32 Å². The minimum absolute atomic E-state index is 0.0719. The number of phenols is 1. The van der Waals surface area contributed by atoms with Crippen LogP contribution in [0.2, 0.25) is 0 Å². The van der Waals surface area contributed by atoms with E-state index in [1.54, 1.807) is 6.07 Å². The van der Waals surface area contributed by atoms with Crippen LogP contribution < -0.4 is 19.5 Å². The second-order valence-corrected chi connectivity index (χ2v) is 6.25. The lowest BCUT2D eigenvalue weighted by Gasteiger charge is -2.36. The SMILES string of the molecule is COc1ccc2c(c1O)C(=O)NC1c3cc4c(cc3C=CC21)OCO4. The zero-order valence-electron chi connectivity index (χ0n) is 13.4. The molecule has 0 aromatic heterocycles. The molecule has 1 amide bonds. The summed E-state index contributed by atoms with van der Waals surface area (Å²) in [6, 6.07) is 7.16. The molecule has 2 aromatic carbocycles. The fourth-order valence-electron chi connectivity index (χ4n) is 3.83. The molecular formula is C19H15NO5. The molecule has 25 heavy (non-hydrogen) atoms. The zero-order chi connectivity index (χ0) is 17.1. The maximum Gasteiger partial charge on any atom is 0.256 e. The van der Waals surface area contributed by atoms with Crippen LogP contribution in [0, 0.1) is 0 Å². The zero-order valence-corrected chi connectivity index (χ0v) is 13.4. The average molecular weight is 337 g/mol. The molecule has 6 nitrogen and oxygen atoms in total. The third-order valence-electron chi connectivity index (χ3n) is 5.02. The highest BCUT2D eigenvalue weighted by Gasteiger charge is 2.39. The number of rotatable bonds is 1. The van der Waals surface area contributed by atoms with Gasteiger partial charge in [-0.15, -0.1) is 0 Å². The summed E-state index contributed by atoms with van der Waals surface area (Å²) in [5.74, 6) is 1.18. The third-order valence-corrected chi connectivity index (χ3v) is 5.02. The monoisotopic (exact) mass is 337 g/mol. The number of methoxy groups -OCH3 is 1. The van der Waals surface area contributed by atoms with Crippen LogP contribution in [-0.4, -0.2) is 24.9 Å². The molecule has 0 spiro atoms. The molecule has 5 rings (SSSR count). The summed E-state index contributed by atoms with van der Waals surface area (Å²) in [4.78, 5) is 12.7. The molecule has 2 N–H and O–H groups in total. The van der Waals surface area contributed by atoms with Crippen molar-refractivity contribution >= 4 is 12.0 Å². The van der Waals surface area contributed by atoms with Crippen molar-refractivity contribution < 1.29 is 24.1 Å². The Morgan fingerprint density at radius 1 is 1.20 bits per heavy atom. The second kappa shape index (κ2) is 4.92. The maximum absolute atomic E-state index is 12.7. The summed E-state index contributed by atoms with van der Waals surface area (Å²) in [6.07, 6.45) is 4.06. The Bertz CT molecular complexity index is 949. The number of hydrogen-bond donors (Lipinski definition) is 2. The number of phenolic OH excluding ortho intramolecular Hbond substituents is 1. The molecule has 0 saturated carbocycles. The van der Waals surface area contributed by atoms with E-state index in [0.29, 0.717) is 11.5 Å². The van der Waals surface area contributed by atoms with E-state index >= 15 is 0 Å². The van der Waals surface area contributed by atoms with Gasteiger partial charge in [0, 0.05) is 5.92 Å². The quantitative estimate of drug-likeness (QED) is 0.837. The van der Waals surface area contributed by atoms with Crippen LogP contribution >= 0.6 is 0 Å². The van der Waals surface area contributed by atoms with Gasteiger partial charge in [0.25, 0.3) is 5.91 Å². The third kappa shape index (κ3) is 1.88. The number of nitrogens with one attached hydrogen (secondary N) is 1. The van der Waals surface area contributed by atoms with Crippen molar-refractivity contribution in [3.63, 3.8) is 0 Å². The Labute approximate surface area is 143 Å². The minimum Gasteiger partial charge on any atom is -0.504 e. The molecule has 3 aliphatic rings. The Kier molecular flexibility index (Phi) is 2.80. The van der Waals surface area contributed by atoms with Gasteiger partial charge in [0.05, 0.1) is 18.7 Å². The Morgan fingerprint density at radius 2 is 2.00 bits per heavy atom. The van der Waals surface area contributed by atoms with Gasteiger partial charge in [-0.25, -0.2) is 0 Å². The predicted octanol–water partition coefficient (Wildman–Crippen LogP) is 2.72. The lowest BCUT2D eigenvalue weighted by Crippen LogP contribution is -2.39. The highest BCUT2D eigenvalue weighted by atomic mass is 16.7. The van der Waals surface area contributed by atoms with Crippen LogP contribution in [0.5, 0.6) is 23.0 Å². The number of benzene rings is 2. The second-order valence-electron chi connectivity index (χ2n) is 6.25. The largest absolute Gasteiger partial charge is 0.504 e. The highest BCUT2D eigenvalue weighted by Crippen LogP contribution is 2.49. The molecule has 0 bridgehead atoms. The fraction of sp³-hybridized carbons (Fsp3) is 0.211. The van der Waals surface area contributed by atoms with Crippen LogP contribution in [0.15, 0.2) is 30.3 Å². The van der Waals surface area contributed by atoms with Gasteiger partial charge in [-0.1, -0.05) is 18.2 Å². The number of aromatic hydroxyl groups is 1. The first-order valence-electron chi connectivity index (χ1n) is 8.00. The van der Waals surface area contributed by atoms with E-state index in [1.165, 1.54) is 7.11 Å². The van der Waals surface area contributed by atoms with Gasteiger partial charge in [-0.2, -0.15) is 0 Å². The van der Waals surface area contributed by atoms with Crippen molar-refractivity contribution in [3.05, 3.63) is 52.6 Å². The average Bonchev–Trinajstić information content (AvgIpc) is 3.07. The lowest BCUT2D eigenvalue weighted by atomic mass is 9.76. The predicted molar refractivity (Wildman–Crippen MR) is 89.2 cm³/mol. The van der Waals surface area contributed by atoms with Crippen LogP contribution in [0.1, 0.15) is 39.0 Å². The number of ether oxygens (including phenoxy) is 3. The maximum atomic E-state index is 12.7. The van der Waals surface area contributed by atoms with Crippen LogP contribution in [0.4, 0.5) is 0 Å². The standard InChI is InChI=1S/C19H15NO5/c1-23-13-5-4-10-11-3-2-9-6-14-15(25-8-24-14)7-12(9)17(11)20-19(22)16(10)18(13)21/h2-7,11,17,21H,8H2,1H3,(H,20,22). The molecule has 2 aromatic rings. The van der Waals surface area contributed by atoms with Crippen LogP contribution in [0.25, 0.3) is 6.08 Å². The van der Waals surface area contributed by atoms with E-state index in [9.17, 15) is 9.90 Å². The molecule has 6 heteroatoms. The lowest BCUT2D eigenvalue weighted by molar-refractivity contribution is 0.0915. The normalized spacial score (nSPS) is 21.9. The van der Waals surface area contributed by atoms with E-state index in [0.717, 1.165) is 16.7 Å². The van der Waals surface area contributed by atoms with Crippen molar-refractivity contribution in [2.24, 2.45) is 0 Å². The molecule has 0 fully saturated rings. The summed E-state index contributed by atoms with van der Waals surface area (Å²) in [5.41, 5.74) is 3.03. The van der Waals surface area contributed by atoms with Crippen molar-refractivity contribution in [1.82, 2.24) is 5.32 Å². The fourth-order valence-corrected chi connectivity index (χ4v) is 3.83. The topological polar surface area (TPSA) is 77.0 Å². The van der Waals surface area contributed by atoms with Gasteiger partial charge in [0.2, 0.25) is 6.79 Å². The van der Waals surface area contributed by atoms with Crippen molar-refractivity contribution in [2.75, 3.05) is 13.9 Å². The summed E-state index contributed by atoms with van der Waals surface area (Å²) in [5, 5.41) is 13.4. The van der Waals surface area contributed by atoms with E-state index in [-0.39, 0.29) is 41.7 Å². The first-order valence-corrected chi connectivity index (χ1v) is 8.00. The summed E-state index contributed by atoms with van der Waals surface area (Å²) in [6.45, 7) is 0.207. The first-order chi connectivity index (χ1) is 12.2. The summed E-state index contributed by atoms with van der Waals surface area (Å²) in [7, 11) is 1.46. The van der Waals surface area contributed by atoms with E-state index in [1.807, 2.05) is 30.4 Å². The van der Waals surface area contributed by atoms with Gasteiger partial charge < -0.3 is 24.6 Å². The van der Waals surface area contributed by atoms with Gasteiger partial charge in [0.15, 0.2) is 23.0 Å².